The molecule has 19 heavy (non-hydrogen) atoms. The Bertz CT molecular complexity index is 619. The van der Waals surface area contributed by atoms with Crippen molar-refractivity contribution in [1.82, 2.24) is 4.98 Å². The number of phenols is 1. The summed E-state index contributed by atoms with van der Waals surface area (Å²) in [7, 11) is 0. The van der Waals surface area contributed by atoms with Gasteiger partial charge in [0.15, 0.2) is 11.6 Å². The lowest BCUT2D eigenvalue weighted by Crippen LogP contribution is -2.04. The van der Waals surface area contributed by atoms with Gasteiger partial charge < -0.3 is 10.4 Å². The molecule has 0 radical (unpaired) electrons. The molecule has 0 aliphatic heterocycles. The molecule has 0 saturated heterocycles. The number of hydrogen-bond acceptors (Lipinski definition) is 5. The predicted molar refractivity (Wildman–Crippen MR) is 66.3 cm³/mol. The molecule has 98 valence electrons. The van der Waals surface area contributed by atoms with E-state index in [1.165, 1.54) is 30.5 Å². The highest BCUT2D eigenvalue weighted by Gasteiger charge is 2.13. The highest BCUT2D eigenvalue weighted by molar-refractivity contribution is 5.55. The second-order valence-corrected chi connectivity index (χ2v) is 3.77. The molecule has 2 N–H and O–H groups in total. The van der Waals surface area contributed by atoms with Crippen molar-refractivity contribution in [3.63, 3.8) is 0 Å². The average Bonchev–Trinajstić information content (AvgIpc) is 2.40. The predicted octanol–water partition coefficient (Wildman–Crippen LogP) is 2.45. The van der Waals surface area contributed by atoms with Gasteiger partial charge in [-0.2, -0.15) is 0 Å². The Morgan fingerprint density at radius 2 is 2.21 bits per heavy atom. The van der Waals surface area contributed by atoms with Crippen molar-refractivity contribution >= 4 is 11.5 Å². The second kappa shape index (κ2) is 5.30. The van der Waals surface area contributed by atoms with Gasteiger partial charge in [0.2, 0.25) is 5.82 Å². The number of nitrogens with one attached hydrogen (secondary N) is 1. The van der Waals surface area contributed by atoms with E-state index in [9.17, 15) is 14.5 Å². The number of aromatic hydroxyl groups is 1. The van der Waals surface area contributed by atoms with Crippen LogP contribution in [0, 0.1) is 15.9 Å². The number of benzene rings is 1. The molecule has 1 aromatic carbocycles. The van der Waals surface area contributed by atoms with Crippen LogP contribution in [-0.4, -0.2) is 15.0 Å². The van der Waals surface area contributed by atoms with Gasteiger partial charge >= 0.3 is 5.69 Å². The first-order chi connectivity index (χ1) is 9.08. The maximum Gasteiger partial charge on any atom is 0.311 e. The van der Waals surface area contributed by atoms with E-state index >= 15 is 0 Å². The Morgan fingerprint density at radius 1 is 1.42 bits per heavy atom. The molecule has 7 heteroatoms. The van der Waals surface area contributed by atoms with Crippen molar-refractivity contribution in [2.75, 3.05) is 5.32 Å². The van der Waals surface area contributed by atoms with Crippen LogP contribution in [-0.2, 0) is 6.54 Å². The van der Waals surface area contributed by atoms with Crippen LogP contribution in [0.5, 0.6) is 5.75 Å². The molecule has 0 aliphatic carbocycles. The molecule has 0 aliphatic rings. The van der Waals surface area contributed by atoms with Crippen LogP contribution in [0.15, 0.2) is 36.5 Å². The van der Waals surface area contributed by atoms with E-state index in [4.69, 9.17) is 5.11 Å². The van der Waals surface area contributed by atoms with Gasteiger partial charge in [-0.15, -0.1) is 0 Å². The van der Waals surface area contributed by atoms with Gasteiger partial charge in [-0.3, -0.25) is 10.1 Å². The summed E-state index contributed by atoms with van der Waals surface area (Å²) in [5, 5.41) is 22.6. The first-order valence-corrected chi connectivity index (χ1v) is 5.38. The SMILES string of the molecule is O=[N+]([O-])c1cccnc1NCc1ccc(O)c(F)c1. The van der Waals surface area contributed by atoms with Gasteiger partial charge in [-0.1, -0.05) is 6.07 Å². The molecule has 6 nitrogen and oxygen atoms in total. The van der Waals surface area contributed by atoms with Crippen molar-refractivity contribution in [3.8, 4) is 5.75 Å². The lowest BCUT2D eigenvalue weighted by molar-refractivity contribution is -0.384. The minimum absolute atomic E-state index is 0.112. The molecule has 0 spiro atoms. The molecular weight excluding hydrogens is 253 g/mol. The number of aromatic nitrogens is 1. The summed E-state index contributed by atoms with van der Waals surface area (Å²) < 4.78 is 13.1. The van der Waals surface area contributed by atoms with E-state index in [0.29, 0.717) is 5.56 Å². The van der Waals surface area contributed by atoms with E-state index in [1.54, 1.807) is 0 Å². The zero-order chi connectivity index (χ0) is 13.8. The third kappa shape index (κ3) is 2.95. The van der Waals surface area contributed by atoms with Crippen LogP contribution in [0.3, 0.4) is 0 Å². The largest absolute Gasteiger partial charge is 0.505 e. The Kier molecular flexibility index (Phi) is 3.56. The lowest BCUT2D eigenvalue weighted by Gasteiger charge is -2.06. The minimum atomic E-state index is -0.741. The molecule has 2 aromatic rings. The first kappa shape index (κ1) is 12.7. The van der Waals surface area contributed by atoms with Gasteiger partial charge in [0.25, 0.3) is 0 Å². The lowest BCUT2D eigenvalue weighted by atomic mass is 10.2. The third-order valence-corrected chi connectivity index (χ3v) is 2.46. The Hall–Kier alpha value is -2.70. The number of pyridine rings is 1. The fourth-order valence-electron chi connectivity index (χ4n) is 1.53. The monoisotopic (exact) mass is 263 g/mol. The van der Waals surface area contributed by atoms with Crippen LogP contribution in [0.25, 0.3) is 0 Å². The number of rotatable bonds is 4. The number of nitro groups is 1. The molecule has 0 amide bonds. The summed E-state index contributed by atoms with van der Waals surface area (Å²) in [6.45, 7) is 0.162. The van der Waals surface area contributed by atoms with Crippen LogP contribution >= 0.6 is 0 Å². The fourth-order valence-corrected chi connectivity index (χ4v) is 1.53. The maximum absolute atomic E-state index is 13.1. The van der Waals surface area contributed by atoms with Crippen molar-refractivity contribution in [3.05, 3.63) is 58.0 Å². The molecule has 1 heterocycles. The standard InChI is InChI=1S/C12H10FN3O3/c13-9-6-8(3-4-11(9)17)7-15-12-10(16(18)19)2-1-5-14-12/h1-6,17H,7H2,(H,14,15). The molecule has 2 rings (SSSR count). The van der Waals surface area contributed by atoms with E-state index in [2.05, 4.69) is 10.3 Å². The number of halogens is 1. The van der Waals surface area contributed by atoms with E-state index in [-0.39, 0.29) is 18.1 Å². The average molecular weight is 263 g/mol. The second-order valence-electron chi connectivity index (χ2n) is 3.77. The molecule has 0 saturated carbocycles. The van der Waals surface area contributed by atoms with Crippen LogP contribution < -0.4 is 5.32 Å². The summed E-state index contributed by atoms with van der Waals surface area (Å²) in [5.41, 5.74) is 0.386. The van der Waals surface area contributed by atoms with Crippen molar-refractivity contribution < 1.29 is 14.4 Å². The van der Waals surface area contributed by atoms with E-state index < -0.39 is 16.5 Å². The van der Waals surface area contributed by atoms with E-state index in [1.807, 2.05) is 0 Å². The van der Waals surface area contributed by atoms with Gasteiger partial charge in [0, 0.05) is 18.8 Å². The smallest absolute Gasteiger partial charge is 0.311 e. The maximum atomic E-state index is 13.1. The first-order valence-electron chi connectivity index (χ1n) is 5.38. The Morgan fingerprint density at radius 3 is 2.89 bits per heavy atom. The van der Waals surface area contributed by atoms with E-state index in [0.717, 1.165) is 6.07 Å². The Balaban J connectivity index is 2.14. The summed E-state index contributed by atoms with van der Waals surface area (Å²) in [5.74, 6) is -1.07. The number of nitrogens with zero attached hydrogens (tertiary/aromatic N) is 2. The zero-order valence-corrected chi connectivity index (χ0v) is 9.71. The summed E-state index contributed by atoms with van der Waals surface area (Å²) >= 11 is 0. The molecule has 0 fully saturated rings. The number of anilines is 1. The van der Waals surface area contributed by atoms with Crippen molar-refractivity contribution in [1.29, 1.82) is 0 Å². The summed E-state index contributed by atoms with van der Waals surface area (Å²) in [6.07, 6.45) is 1.42. The number of phenolic OH excluding ortho intramolecular Hbond substituents is 1. The van der Waals surface area contributed by atoms with Gasteiger partial charge in [0.05, 0.1) is 4.92 Å². The molecular formula is C12H10FN3O3. The van der Waals surface area contributed by atoms with Crippen LogP contribution in [0.1, 0.15) is 5.56 Å². The molecule has 0 unspecified atom stereocenters. The normalized spacial score (nSPS) is 10.2. The van der Waals surface area contributed by atoms with Crippen molar-refractivity contribution in [2.45, 2.75) is 6.54 Å². The quantitative estimate of drug-likeness (QED) is 0.653. The van der Waals surface area contributed by atoms with Crippen LogP contribution in [0.4, 0.5) is 15.9 Å². The summed E-state index contributed by atoms with van der Waals surface area (Å²) in [4.78, 5) is 14.1. The van der Waals surface area contributed by atoms with Crippen LogP contribution in [0.2, 0.25) is 0 Å². The Labute approximate surface area is 107 Å². The minimum Gasteiger partial charge on any atom is -0.505 e. The third-order valence-electron chi connectivity index (χ3n) is 2.46. The molecule has 0 atom stereocenters. The number of hydrogen-bond donors (Lipinski definition) is 2. The van der Waals surface area contributed by atoms with Crippen molar-refractivity contribution in [2.24, 2.45) is 0 Å². The highest BCUT2D eigenvalue weighted by atomic mass is 19.1. The van der Waals surface area contributed by atoms with Gasteiger partial charge in [-0.05, 0) is 23.8 Å². The van der Waals surface area contributed by atoms with Gasteiger partial charge in [-0.25, -0.2) is 9.37 Å². The molecule has 1 aromatic heterocycles. The zero-order valence-electron chi connectivity index (χ0n) is 9.71. The molecule has 0 bridgehead atoms. The summed E-state index contributed by atoms with van der Waals surface area (Å²) in [6, 6.07) is 6.67. The topological polar surface area (TPSA) is 88.3 Å². The highest BCUT2D eigenvalue weighted by Crippen LogP contribution is 2.22. The fraction of sp³-hybridized carbons (Fsp3) is 0.0833. The van der Waals surface area contributed by atoms with Gasteiger partial charge in [0.1, 0.15) is 0 Å².